The zero-order valence-electron chi connectivity index (χ0n) is 7.26. The number of hydrogen-bond donors (Lipinski definition) is 1. The number of nitrogens with zero attached hydrogens (tertiary/aromatic N) is 2. The highest BCUT2D eigenvalue weighted by Crippen LogP contribution is 1.94. The standard InChI is InChI=1S/C7H17N3/c1-6(2)5-10(4)7(8)9-3/h6H,5H2,1-4H3,(H2,8,9). The van der Waals surface area contributed by atoms with Crippen LogP contribution in [0.25, 0.3) is 0 Å². The summed E-state index contributed by atoms with van der Waals surface area (Å²) in [6, 6.07) is 0. The summed E-state index contributed by atoms with van der Waals surface area (Å²) in [6.07, 6.45) is 0. The van der Waals surface area contributed by atoms with Gasteiger partial charge in [-0.1, -0.05) is 13.8 Å². The third kappa shape index (κ3) is 3.33. The van der Waals surface area contributed by atoms with Crippen LogP contribution in [0.4, 0.5) is 0 Å². The molecule has 0 spiro atoms. The van der Waals surface area contributed by atoms with Crippen LogP contribution in [0, 0.1) is 5.92 Å². The second-order valence-electron chi connectivity index (χ2n) is 2.86. The highest BCUT2D eigenvalue weighted by atomic mass is 15.2. The van der Waals surface area contributed by atoms with Crippen molar-refractivity contribution in [3.05, 3.63) is 0 Å². The maximum absolute atomic E-state index is 5.54. The SMILES string of the molecule is CN=C(N)N(C)CC(C)C. The Morgan fingerprint density at radius 2 is 2.10 bits per heavy atom. The maximum Gasteiger partial charge on any atom is 0.190 e. The van der Waals surface area contributed by atoms with Crippen molar-refractivity contribution < 1.29 is 0 Å². The van der Waals surface area contributed by atoms with Gasteiger partial charge in [-0.25, -0.2) is 0 Å². The van der Waals surface area contributed by atoms with Crippen molar-refractivity contribution in [2.45, 2.75) is 13.8 Å². The maximum atomic E-state index is 5.54. The van der Waals surface area contributed by atoms with Crippen LogP contribution in [0.15, 0.2) is 4.99 Å². The largest absolute Gasteiger partial charge is 0.370 e. The van der Waals surface area contributed by atoms with Gasteiger partial charge in [0.25, 0.3) is 0 Å². The van der Waals surface area contributed by atoms with Gasteiger partial charge in [0.2, 0.25) is 0 Å². The molecule has 10 heavy (non-hydrogen) atoms. The van der Waals surface area contributed by atoms with Gasteiger partial charge >= 0.3 is 0 Å². The van der Waals surface area contributed by atoms with Crippen LogP contribution in [0.1, 0.15) is 13.8 Å². The Morgan fingerprint density at radius 3 is 2.40 bits per heavy atom. The molecule has 2 N–H and O–H groups in total. The average molecular weight is 143 g/mol. The van der Waals surface area contributed by atoms with Gasteiger partial charge in [-0.05, 0) is 5.92 Å². The van der Waals surface area contributed by atoms with Crippen LogP contribution in [0.3, 0.4) is 0 Å². The normalized spacial score (nSPS) is 12.3. The van der Waals surface area contributed by atoms with Gasteiger partial charge in [0.05, 0.1) is 0 Å². The van der Waals surface area contributed by atoms with Crippen molar-refractivity contribution in [3.8, 4) is 0 Å². The molecule has 0 saturated heterocycles. The fourth-order valence-electron chi connectivity index (χ4n) is 0.812. The fourth-order valence-corrected chi connectivity index (χ4v) is 0.812. The van der Waals surface area contributed by atoms with Crippen LogP contribution in [0.5, 0.6) is 0 Å². The Labute approximate surface area is 62.9 Å². The predicted octanol–water partition coefficient (Wildman–Crippen LogP) is 0.519. The van der Waals surface area contributed by atoms with E-state index in [-0.39, 0.29) is 0 Å². The number of nitrogens with two attached hydrogens (primary N) is 1. The van der Waals surface area contributed by atoms with Crippen molar-refractivity contribution in [2.24, 2.45) is 16.6 Å². The van der Waals surface area contributed by atoms with Crippen LogP contribution in [-0.4, -0.2) is 31.5 Å². The molecular weight excluding hydrogens is 126 g/mol. The van der Waals surface area contributed by atoms with Gasteiger partial charge < -0.3 is 10.6 Å². The molecule has 0 bridgehead atoms. The lowest BCUT2D eigenvalue weighted by Gasteiger charge is -2.19. The Bertz CT molecular complexity index is 118. The number of aliphatic imine (C=N–C) groups is 1. The van der Waals surface area contributed by atoms with E-state index >= 15 is 0 Å². The van der Waals surface area contributed by atoms with Crippen LogP contribution >= 0.6 is 0 Å². The van der Waals surface area contributed by atoms with E-state index in [0.29, 0.717) is 11.9 Å². The van der Waals surface area contributed by atoms with E-state index in [0.717, 1.165) is 6.54 Å². The van der Waals surface area contributed by atoms with Crippen LogP contribution < -0.4 is 5.73 Å². The first-order valence-corrected chi connectivity index (χ1v) is 3.51. The van der Waals surface area contributed by atoms with Crippen LogP contribution in [-0.2, 0) is 0 Å². The second kappa shape index (κ2) is 4.14. The Kier molecular flexibility index (Phi) is 3.84. The van der Waals surface area contributed by atoms with E-state index < -0.39 is 0 Å². The highest BCUT2D eigenvalue weighted by Gasteiger charge is 2.01. The number of hydrogen-bond acceptors (Lipinski definition) is 1. The minimum atomic E-state index is 0.605. The number of guanidine groups is 1. The summed E-state index contributed by atoms with van der Waals surface area (Å²) < 4.78 is 0. The van der Waals surface area contributed by atoms with Gasteiger partial charge in [0, 0.05) is 20.6 Å². The molecule has 3 nitrogen and oxygen atoms in total. The summed E-state index contributed by atoms with van der Waals surface area (Å²) in [5.41, 5.74) is 5.54. The molecule has 0 radical (unpaired) electrons. The highest BCUT2D eigenvalue weighted by molar-refractivity contribution is 5.77. The lowest BCUT2D eigenvalue weighted by atomic mass is 10.2. The van der Waals surface area contributed by atoms with E-state index in [1.807, 2.05) is 11.9 Å². The molecule has 3 heteroatoms. The van der Waals surface area contributed by atoms with E-state index in [1.54, 1.807) is 7.05 Å². The zero-order valence-corrected chi connectivity index (χ0v) is 7.26. The van der Waals surface area contributed by atoms with Gasteiger partial charge in [0.15, 0.2) is 5.96 Å². The minimum Gasteiger partial charge on any atom is -0.370 e. The summed E-state index contributed by atoms with van der Waals surface area (Å²) in [6.45, 7) is 5.27. The molecule has 0 saturated carbocycles. The summed E-state index contributed by atoms with van der Waals surface area (Å²) in [5, 5.41) is 0. The predicted molar refractivity (Wildman–Crippen MR) is 45.0 cm³/mol. The first-order chi connectivity index (χ1) is 4.57. The lowest BCUT2D eigenvalue weighted by molar-refractivity contribution is 0.421. The summed E-state index contributed by atoms with van der Waals surface area (Å²) in [4.78, 5) is 5.81. The monoisotopic (exact) mass is 143 g/mol. The van der Waals surface area contributed by atoms with E-state index in [2.05, 4.69) is 18.8 Å². The molecule has 0 aliphatic heterocycles. The molecule has 0 aliphatic carbocycles. The molecule has 0 amide bonds. The molecule has 0 aliphatic rings. The third-order valence-electron chi connectivity index (χ3n) is 1.26. The molecule has 0 aromatic carbocycles. The second-order valence-corrected chi connectivity index (χ2v) is 2.86. The number of rotatable bonds is 2. The molecule has 0 unspecified atom stereocenters. The van der Waals surface area contributed by atoms with Gasteiger partial charge in [-0.15, -0.1) is 0 Å². The fraction of sp³-hybridized carbons (Fsp3) is 0.857. The van der Waals surface area contributed by atoms with Crippen LogP contribution in [0.2, 0.25) is 0 Å². The summed E-state index contributed by atoms with van der Waals surface area (Å²) in [7, 11) is 3.65. The Hall–Kier alpha value is -0.730. The molecule has 0 aromatic rings. The first-order valence-electron chi connectivity index (χ1n) is 3.51. The molecule has 0 aromatic heterocycles. The van der Waals surface area contributed by atoms with E-state index in [1.165, 1.54) is 0 Å². The van der Waals surface area contributed by atoms with Crippen molar-refractivity contribution in [3.63, 3.8) is 0 Å². The van der Waals surface area contributed by atoms with Crippen molar-refractivity contribution in [1.82, 2.24) is 4.90 Å². The summed E-state index contributed by atoms with van der Waals surface area (Å²) in [5.74, 6) is 1.24. The van der Waals surface area contributed by atoms with E-state index in [9.17, 15) is 0 Å². The van der Waals surface area contributed by atoms with Crippen molar-refractivity contribution >= 4 is 5.96 Å². The third-order valence-corrected chi connectivity index (χ3v) is 1.26. The van der Waals surface area contributed by atoms with Crippen molar-refractivity contribution in [1.29, 1.82) is 0 Å². The smallest absolute Gasteiger partial charge is 0.190 e. The molecular formula is C7H17N3. The summed E-state index contributed by atoms with van der Waals surface area (Å²) >= 11 is 0. The van der Waals surface area contributed by atoms with Crippen molar-refractivity contribution in [2.75, 3.05) is 20.6 Å². The minimum absolute atomic E-state index is 0.605. The first kappa shape index (κ1) is 9.27. The molecule has 0 atom stereocenters. The van der Waals surface area contributed by atoms with Gasteiger partial charge in [-0.3, -0.25) is 4.99 Å². The van der Waals surface area contributed by atoms with Gasteiger partial charge in [-0.2, -0.15) is 0 Å². The Morgan fingerprint density at radius 1 is 1.60 bits per heavy atom. The van der Waals surface area contributed by atoms with Gasteiger partial charge in [0.1, 0.15) is 0 Å². The lowest BCUT2D eigenvalue weighted by Crippen LogP contribution is -2.36. The zero-order chi connectivity index (χ0) is 8.15. The van der Waals surface area contributed by atoms with E-state index in [4.69, 9.17) is 5.73 Å². The topological polar surface area (TPSA) is 41.6 Å². The molecule has 0 heterocycles. The quantitative estimate of drug-likeness (QED) is 0.452. The molecule has 60 valence electrons. The molecule has 0 rings (SSSR count). The molecule has 0 fully saturated rings. The Balaban J connectivity index is 3.73. The average Bonchev–Trinajstić information content (AvgIpc) is 1.85.